The van der Waals surface area contributed by atoms with E-state index in [1.165, 1.54) is 0 Å². The number of aromatic nitrogens is 2. The molecule has 0 saturated carbocycles. The molecule has 0 saturated heterocycles. The number of phenols is 1. The molecule has 0 aliphatic rings. The highest BCUT2D eigenvalue weighted by molar-refractivity contribution is 9.11. The van der Waals surface area contributed by atoms with E-state index >= 15 is 0 Å². The van der Waals surface area contributed by atoms with Gasteiger partial charge in [-0.2, -0.15) is 0 Å². The lowest BCUT2D eigenvalue weighted by Gasteiger charge is -2.03. The molecule has 2 aromatic carbocycles. The van der Waals surface area contributed by atoms with Gasteiger partial charge in [0, 0.05) is 27.4 Å². The van der Waals surface area contributed by atoms with Crippen LogP contribution >= 0.6 is 47.8 Å². The first kappa shape index (κ1) is 25.8. The molecule has 7 heteroatoms. The number of halogens is 3. The summed E-state index contributed by atoms with van der Waals surface area (Å²) in [7, 11) is 0. The third-order valence-electron chi connectivity index (χ3n) is 3.09. The van der Waals surface area contributed by atoms with E-state index in [2.05, 4.69) is 57.8 Å². The van der Waals surface area contributed by atoms with Gasteiger partial charge in [-0.25, -0.2) is 9.97 Å². The number of aromatic hydroxyl groups is 1. The second-order valence-corrected chi connectivity index (χ2v) is 8.00. The van der Waals surface area contributed by atoms with Crippen LogP contribution in [0.5, 0.6) is 17.4 Å². The Labute approximate surface area is 202 Å². The molecule has 2 heterocycles. The number of nitrogens with zero attached hydrogens (tertiary/aromatic N) is 2. The van der Waals surface area contributed by atoms with E-state index in [1.807, 2.05) is 66.7 Å². The maximum atomic E-state index is 8.78. The molecule has 30 heavy (non-hydrogen) atoms. The van der Waals surface area contributed by atoms with Crippen molar-refractivity contribution in [2.24, 2.45) is 0 Å². The van der Waals surface area contributed by atoms with E-state index in [0.29, 0.717) is 11.6 Å². The third-order valence-corrected chi connectivity index (χ3v) is 4.55. The van der Waals surface area contributed by atoms with Crippen LogP contribution < -0.4 is 4.74 Å². The summed E-state index contributed by atoms with van der Waals surface area (Å²) >= 11 is 9.78. The molecule has 4 nitrogen and oxygen atoms in total. The quantitative estimate of drug-likeness (QED) is 0.188. The summed E-state index contributed by atoms with van der Waals surface area (Å²) in [5.74, 6) is 1.67. The lowest BCUT2D eigenvalue weighted by molar-refractivity contribution is 0.462. The largest absolute Gasteiger partial charge is 0.508 e. The van der Waals surface area contributed by atoms with Gasteiger partial charge in [-0.15, -0.1) is 0 Å². The van der Waals surface area contributed by atoms with Crippen LogP contribution in [0, 0.1) is 7.43 Å². The summed E-state index contributed by atoms with van der Waals surface area (Å²) in [6, 6.07) is 25.8. The molecule has 0 aliphatic heterocycles. The molecule has 0 bridgehead atoms. The van der Waals surface area contributed by atoms with Gasteiger partial charge >= 0.3 is 0 Å². The van der Waals surface area contributed by atoms with Gasteiger partial charge in [-0.3, -0.25) is 0 Å². The molecule has 2 aromatic heterocycles. The Bertz CT molecular complexity index is 970. The average Bonchev–Trinajstić information content (AvgIpc) is 2.70. The second kappa shape index (κ2) is 14.7. The van der Waals surface area contributed by atoms with E-state index < -0.39 is 0 Å². The van der Waals surface area contributed by atoms with Crippen LogP contribution in [0.1, 0.15) is 0 Å². The molecule has 0 fully saturated rings. The van der Waals surface area contributed by atoms with Crippen molar-refractivity contribution in [1.82, 2.24) is 9.97 Å². The second-order valence-electron chi connectivity index (χ2n) is 5.36. The summed E-state index contributed by atoms with van der Waals surface area (Å²) in [6.45, 7) is 0. The van der Waals surface area contributed by atoms with Gasteiger partial charge in [0.2, 0.25) is 5.88 Å². The molecule has 4 aromatic rings. The van der Waals surface area contributed by atoms with Crippen molar-refractivity contribution in [3.05, 3.63) is 118 Å². The van der Waals surface area contributed by atoms with Crippen molar-refractivity contribution in [3.8, 4) is 17.4 Å². The first-order valence-corrected chi connectivity index (χ1v) is 10.8. The fourth-order valence-electron chi connectivity index (χ4n) is 1.88. The summed E-state index contributed by atoms with van der Waals surface area (Å²) in [5.41, 5.74) is 0. The van der Waals surface area contributed by atoms with E-state index in [-0.39, 0.29) is 7.43 Å². The molecule has 4 rings (SSSR count). The smallest absolute Gasteiger partial charge is 0.219 e. The summed E-state index contributed by atoms with van der Waals surface area (Å²) in [4.78, 5) is 7.96. The van der Waals surface area contributed by atoms with Crippen LogP contribution in [0.4, 0.5) is 0 Å². The van der Waals surface area contributed by atoms with Crippen molar-refractivity contribution in [3.63, 3.8) is 0 Å². The maximum absolute atomic E-state index is 8.78. The van der Waals surface area contributed by atoms with E-state index in [0.717, 1.165) is 19.3 Å². The molecule has 0 amide bonds. The molecule has 0 atom stereocenters. The number of rotatable bonds is 2. The number of hydrogen-bond donors (Lipinski definition) is 1. The number of ether oxygens (including phenoxy) is 1. The topological polar surface area (TPSA) is 55.2 Å². The number of hydrogen-bond acceptors (Lipinski definition) is 4. The van der Waals surface area contributed by atoms with Crippen LogP contribution in [0.25, 0.3) is 0 Å². The molecule has 0 radical (unpaired) electrons. The number of benzene rings is 2. The minimum atomic E-state index is 0. The molecular weight excluding hydrogens is 576 g/mol. The van der Waals surface area contributed by atoms with E-state index in [9.17, 15) is 0 Å². The minimum absolute atomic E-state index is 0. The molecule has 0 unspecified atom stereocenters. The minimum Gasteiger partial charge on any atom is -0.508 e. The molecule has 1 N–H and O–H groups in total. The van der Waals surface area contributed by atoms with Crippen LogP contribution in [-0.4, -0.2) is 15.1 Å². The van der Waals surface area contributed by atoms with Gasteiger partial charge < -0.3 is 17.3 Å². The summed E-state index contributed by atoms with van der Waals surface area (Å²) in [5, 5.41) is 8.78. The Morgan fingerprint density at radius 3 is 1.73 bits per heavy atom. The van der Waals surface area contributed by atoms with E-state index in [4.69, 9.17) is 9.84 Å². The highest BCUT2D eigenvalue weighted by atomic mass is 79.9. The normalized spacial score (nSPS) is 9.03. The standard InChI is InChI=1S/C11H8BrNO.C6H5BrO.C5H4BrN.CH3/c12-9-4-3-5-10(8-9)14-11-6-1-2-7-13-11;7-5-2-1-3-6(8)4-5;6-5-3-1-2-4-7-5;/h1-8H;1-4,8H;1-4H;1H3/q;;;-1. The zero-order valence-electron chi connectivity index (χ0n) is 16.1. The fourth-order valence-corrected chi connectivity index (χ4v) is 2.91. The maximum Gasteiger partial charge on any atom is 0.219 e. The molecule has 0 spiro atoms. The monoisotopic (exact) mass is 593 g/mol. The zero-order valence-corrected chi connectivity index (χ0v) is 20.9. The Morgan fingerprint density at radius 2 is 1.30 bits per heavy atom. The number of phenolic OH excluding ortho intramolecular Hbond substituents is 1. The van der Waals surface area contributed by atoms with Gasteiger partial charge in [0.25, 0.3) is 0 Å². The van der Waals surface area contributed by atoms with Crippen LogP contribution in [0.15, 0.2) is 111 Å². The molecule has 156 valence electrons. The van der Waals surface area contributed by atoms with Gasteiger partial charge in [0.1, 0.15) is 16.1 Å². The average molecular weight is 596 g/mol. The summed E-state index contributed by atoms with van der Waals surface area (Å²) < 4.78 is 8.29. The van der Waals surface area contributed by atoms with Crippen LogP contribution in [0.2, 0.25) is 0 Å². The van der Waals surface area contributed by atoms with Gasteiger partial charge in [0.05, 0.1) is 0 Å². The fraction of sp³-hybridized carbons (Fsp3) is 0. The highest BCUT2D eigenvalue weighted by Gasteiger charge is 1.97. The van der Waals surface area contributed by atoms with Crippen LogP contribution in [0.3, 0.4) is 0 Å². The predicted octanol–water partition coefficient (Wildman–Crippen LogP) is 8.09. The SMILES string of the molecule is Brc1cccc(Oc2ccccn2)c1.Brc1ccccn1.Oc1cccc(Br)c1.[CH3-]. The van der Waals surface area contributed by atoms with Crippen molar-refractivity contribution in [1.29, 1.82) is 0 Å². The Kier molecular flexibility index (Phi) is 12.7. The molecule has 0 aliphatic carbocycles. The van der Waals surface area contributed by atoms with Crippen molar-refractivity contribution < 1.29 is 9.84 Å². The Balaban J connectivity index is 0.000000241. The first-order chi connectivity index (χ1) is 14.0. The van der Waals surface area contributed by atoms with Gasteiger partial charge in [-0.1, -0.05) is 56.1 Å². The lowest BCUT2D eigenvalue weighted by atomic mass is 10.3. The van der Waals surface area contributed by atoms with Gasteiger partial charge in [-0.05, 0) is 70.5 Å². The first-order valence-electron chi connectivity index (χ1n) is 8.38. The van der Waals surface area contributed by atoms with Crippen molar-refractivity contribution in [2.45, 2.75) is 0 Å². The van der Waals surface area contributed by atoms with Crippen molar-refractivity contribution in [2.75, 3.05) is 0 Å². The van der Waals surface area contributed by atoms with Crippen molar-refractivity contribution >= 4 is 47.8 Å². The number of pyridine rings is 2. The summed E-state index contributed by atoms with van der Waals surface area (Å²) in [6.07, 6.45) is 3.44. The van der Waals surface area contributed by atoms with Gasteiger partial charge in [0.15, 0.2) is 0 Å². The highest BCUT2D eigenvalue weighted by Crippen LogP contribution is 2.22. The lowest BCUT2D eigenvalue weighted by Crippen LogP contribution is -1.85. The predicted molar refractivity (Wildman–Crippen MR) is 133 cm³/mol. The zero-order chi connectivity index (χ0) is 20.9. The third kappa shape index (κ3) is 11.1. The Hall–Kier alpha value is -2.22. The van der Waals surface area contributed by atoms with Crippen LogP contribution in [-0.2, 0) is 0 Å². The van der Waals surface area contributed by atoms with E-state index in [1.54, 1.807) is 30.6 Å². The molecular formula is C23H20Br3N2O2-. The Morgan fingerprint density at radius 1 is 0.667 bits per heavy atom.